The Balaban J connectivity index is 1.18. The molecule has 0 N–H and O–H groups in total. The van der Waals surface area contributed by atoms with Crippen LogP contribution in [-0.4, -0.2) is 55.1 Å². The van der Waals surface area contributed by atoms with Gasteiger partial charge in [0.2, 0.25) is 5.91 Å². The van der Waals surface area contributed by atoms with E-state index >= 15 is 0 Å². The van der Waals surface area contributed by atoms with Gasteiger partial charge in [-0.15, -0.1) is 5.10 Å². The molecule has 0 bridgehead atoms. The topological polar surface area (TPSA) is 93.3 Å². The van der Waals surface area contributed by atoms with Crippen molar-refractivity contribution in [3.8, 4) is 5.69 Å². The number of aromatic nitrogens is 4. The highest BCUT2D eigenvalue weighted by molar-refractivity contribution is 6.30. The summed E-state index contributed by atoms with van der Waals surface area (Å²) in [5, 5.41) is 12.0. The van der Waals surface area contributed by atoms with Gasteiger partial charge < -0.3 is 4.90 Å². The lowest BCUT2D eigenvalue weighted by Gasteiger charge is -2.41. The van der Waals surface area contributed by atoms with Gasteiger partial charge in [0.05, 0.1) is 11.7 Å². The number of tetrazole rings is 1. The number of rotatable bonds is 6. The fourth-order valence-corrected chi connectivity index (χ4v) is 6.74. The van der Waals surface area contributed by atoms with Gasteiger partial charge in [-0.2, -0.15) is 4.68 Å². The number of allylic oxidation sites excluding steroid dienone is 1. The number of carbonyl (C=O) groups excluding carboxylic acids is 2. The normalized spacial score (nSPS) is 19.9. The molecule has 214 valence electrons. The summed E-state index contributed by atoms with van der Waals surface area (Å²) >= 11 is 6.31. The Morgan fingerprint density at radius 3 is 2.67 bits per heavy atom. The predicted octanol–water partition coefficient (Wildman–Crippen LogP) is 5.66. The molecule has 2 atom stereocenters. The minimum absolute atomic E-state index is 0.0829. The molecule has 3 heterocycles. The van der Waals surface area contributed by atoms with Crippen molar-refractivity contribution in [1.29, 1.82) is 0 Å². The Morgan fingerprint density at radius 2 is 1.84 bits per heavy atom. The number of fused-ring (bicyclic) bond motifs is 1. The van der Waals surface area contributed by atoms with Crippen molar-refractivity contribution >= 4 is 40.7 Å². The van der Waals surface area contributed by atoms with Crippen LogP contribution in [0.4, 0.5) is 0 Å². The number of carbonyl (C=O) groups is 2. The summed E-state index contributed by atoms with van der Waals surface area (Å²) in [6.07, 6.45) is 10.4. The number of nitrogens with zero attached hydrogens (tertiary/aromatic N) is 6. The standard InChI is InChI=1S/C34H29ClN6O2/c35-28-11-12-32(41-21-37-38-39-41)25(16-28)10-13-33(43)40-14-4-7-30(22-5-2-1-3-6-22)34(40)31-19-27(20-36-31)23-8-9-24-17-29(42)18-26(24)15-23/h1-3,5-6,8-13,15-16,20-21,30,34H,4,7,14,17-19H2/b13-10+/t30-,34-/m0/s1. The van der Waals surface area contributed by atoms with E-state index in [9.17, 15) is 9.59 Å². The second-order valence-corrected chi connectivity index (χ2v) is 11.7. The Bertz CT molecular complexity index is 1790. The highest BCUT2D eigenvalue weighted by Crippen LogP contribution is 2.38. The smallest absolute Gasteiger partial charge is 0.247 e. The van der Waals surface area contributed by atoms with Crippen molar-refractivity contribution in [3.63, 3.8) is 0 Å². The van der Waals surface area contributed by atoms with Gasteiger partial charge in [0.25, 0.3) is 0 Å². The number of piperidine rings is 1. The quantitative estimate of drug-likeness (QED) is 0.271. The van der Waals surface area contributed by atoms with Crippen LogP contribution in [0.25, 0.3) is 17.3 Å². The maximum Gasteiger partial charge on any atom is 0.247 e. The molecule has 0 unspecified atom stereocenters. The monoisotopic (exact) mass is 588 g/mol. The molecule has 1 saturated heterocycles. The van der Waals surface area contributed by atoms with Crippen molar-refractivity contribution in [2.24, 2.45) is 4.99 Å². The van der Waals surface area contributed by atoms with E-state index in [1.807, 2.05) is 23.2 Å². The summed E-state index contributed by atoms with van der Waals surface area (Å²) in [5.74, 6) is 0.308. The summed E-state index contributed by atoms with van der Waals surface area (Å²) in [5.41, 5.74) is 8.09. The zero-order chi connectivity index (χ0) is 29.3. The van der Waals surface area contributed by atoms with E-state index in [1.165, 1.54) is 11.9 Å². The largest absolute Gasteiger partial charge is 0.330 e. The lowest BCUT2D eigenvalue weighted by atomic mass is 9.79. The van der Waals surface area contributed by atoms with E-state index in [-0.39, 0.29) is 23.7 Å². The Hall–Kier alpha value is -4.69. The van der Waals surface area contributed by atoms with Gasteiger partial charge in [-0.1, -0.05) is 60.1 Å². The van der Waals surface area contributed by atoms with Crippen LogP contribution in [0.2, 0.25) is 5.02 Å². The van der Waals surface area contributed by atoms with Crippen molar-refractivity contribution in [2.75, 3.05) is 6.54 Å². The first-order valence-electron chi connectivity index (χ1n) is 14.5. The van der Waals surface area contributed by atoms with Crippen molar-refractivity contribution in [1.82, 2.24) is 25.1 Å². The Labute approximate surface area is 254 Å². The zero-order valence-electron chi connectivity index (χ0n) is 23.4. The number of amides is 1. The summed E-state index contributed by atoms with van der Waals surface area (Å²) in [4.78, 5) is 32.9. The van der Waals surface area contributed by atoms with E-state index in [1.54, 1.807) is 29.0 Å². The van der Waals surface area contributed by atoms with Gasteiger partial charge in [-0.3, -0.25) is 14.6 Å². The van der Waals surface area contributed by atoms with Gasteiger partial charge in [0, 0.05) is 60.3 Å². The third-order valence-corrected chi connectivity index (χ3v) is 8.82. The third-order valence-electron chi connectivity index (χ3n) is 8.58. The first-order valence-corrected chi connectivity index (χ1v) is 14.9. The molecular weight excluding hydrogens is 560 g/mol. The molecule has 1 aromatic heterocycles. The molecule has 1 amide bonds. The fraction of sp³-hybridized carbons (Fsp3) is 0.235. The molecule has 1 fully saturated rings. The van der Waals surface area contributed by atoms with Crippen LogP contribution in [0.3, 0.4) is 0 Å². The van der Waals surface area contributed by atoms with Crippen LogP contribution >= 0.6 is 11.6 Å². The first kappa shape index (κ1) is 27.2. The summed E-state index contributed by atoms with van der Waals surface area (Å²) < 4.78 is 1.55. The van der Waals surface area contributed by atoms with E-state index in [4.69, 9.17) is 16.6 Å². The fourth-order valence-electron chi connectivity index (χ4n) is 6.56. The lowest BCUT2D eigenvalue weighted by molar-refractivity contribution is -0.128. The molecule has 8 nitrogen and oxygen atoms in total. The maximum absolute atomic E-state index is 14.0. The average Bonchev–Trinajstić information content (AvgIpc) is 3.81. The van der Waals surface area contributed by atoms with Crippen molar-refractivity contribution in [2.45, 2.75) is 44.1 Å². The predicted molar refractivity (Wildman–Crippen MR) is 166 cm³/mol. The molecule has 0 saturated carbocycles. The minimum Gasteiger partial charge on any atom is -0.330 e. The van der Waals surface area contributed by atoms with Gasteiger partial charge >= 0.3 is 0 Å². The number of Topliss-reactive ketones (excluding diaryl/α,β-unsaturated/α-hetero) is 1. The first-order chi connectivity index (χ1) is 21.0. The zero-order valence-corrected chi connectivity index (χ0v) is 24.2. The van der Waals surface area contributed by atoms with Crippen molar-refractivity contribution in [3.05, 3.63) is 118 Å². The minimum atomic E-state index is -0.184. The molecule has 0 radical (unpaired) electrons. The summed E-state index contributed by atoms with van der Waals surface area (Å²) in [6, 6.07) is 21.9. The molecule has 3 aliphatic rings. The van der Waals surface area contributed by atoms with Gasteiger partial charge in [-0.25, -0.2) is 0 Å². The Morgan fingerprint density at radius 1 is 0.977 bits per heavy atom. The third kappa shape index (κ3) is 5.46. The molecular formula is C34H29ClN6O2. The number of likely N-dealkylation sites (tertiary alicyclic amines) is 1. The second-order valence-electron chi connectivity index (χ2n) is 11.3. The SMILES string of the molecule is O=C1Cc2ccc(C3=CN=C([C@@H]4[C@H](c5ccccc5)CCCN4C(=O)/C=C/c4cc(Cl)ccc4-n4cnnn4)C3)cc2C1. The van der Waals surface area contributed by atoms with Gasteiger partial charge in [0.15, 0.2) is 0 Å². The van der Waals surface area contributed by atoms with Crippen molar-refractivity contribution < 1.29 is 9.59 Å². The molecule has 9 heteroatoms. The van der Waals surface area contributed by atoms with E-state index in [2.05, 4.69) is 58.0 Å². The van der Waals surface area contributed by atoms with Crippen LogP contribution in [0.5, 0.6) is 0 Å². The molecule has 2 aliphatic heterocycles. The number of aliphatic imine (C=N–C) groups is 1. The maximum atomic E-state index is 14.0. The van der Waals surface area contributed by atoms with Gasteiger partial charge in [-0.05, 0) is 75.4 Å². The number of hydrogen-bond donors (Lipinski definition) is 0. The molecule has 43 heavy (non-hydrogen) atoms. The highest BCUT2D eigenvalue weighted by Gasteiger charge is 2.39. The second kappa shape index (κ2) is 11.5. The molecule has 7 rings (SSSR count). The van der Waals surface area contributed by atoms with E-state index in [0.717, 1.165) is 52.1 Å². The van der Waals surface area contributed by atoms with E-state index < -0.39 is 0 Å². The number of ketones is 1. The number of benzene rings is 3. The lowest BCUT2D eigenvalue weighted by Crippen LogP contribution is -2.51. The average molecular weight is 589 g/mol. The molecule has 0 spiro atoms. The van der Waals surface area contributed by atoms with Gasteiger partial charge in [0.1, 0.15) is 12.1 Å². The molecule has 1 aliphatic carbocycles. The van der Waals surface area contributed by atoms with Crippen LogP contribution in [-0.2, 0) is 22.4 Å². The van der Waals surface area contributed by atoms with Crippen LogP contribution in [0, 0.1) is 0 Å². The van der Waals surface area contributed by atoms with Crippen LogP contribution < -0.4 is 0 Å². The summed E-state index contributed by atoms with van der Waals surface area (Å²) in [7, 11) is 0. The molecule has 4 aromatic rings. The number of hydrogen-bond acceptors (Lipinski definition) is 6. The number of halogens is 1. The Kier molecular flexibility index (Phi) is 7.28. The van der Waals surface area contributed by atoms with Crippen LogP contribution in [0.15, 0.2) is 90.3 Å². The summed E-state index contributed by atoms with van der Waals surface area (Å²) in [6.45, 7) is 0.641. The van der Waals surface area contributed by atoms with E-state index in [0.29, 0.717) is 30.8 Å². The highest BCUT2D eigenvalue weighted by atomic mass is 35.5. The van der Waals surface area contributed by atoms with Crippen LogP contribution in [0.1, 0.15) is 53.0 Å². The molecule has 3 aromatic carbocycles.